The lowest BCUT2D eigenvalue weighted by atomic mass is 9.40. The van der Waals surface area contributed by atoms with E-state index in [1.54, 1.807) is 0 Å². The Morgan fingerprint density at radius 1 is 1.14 bits per heavy atom. The van der Waals surface area contributed by atoms with Crippen LogP contribution < -0.4 is 10.6 Å². The van der Waals surface area contributed by atoms with Crippen molar-refractivity contribution in [2.75, 3.05) is 19.6 Å². The van der Waals surface area contributed by atoms with Crippen LogP contribution >= 0.6 is 0 Å². The highest BCUT2D eigenvalue weighted by Gasteiger charge is 2.62. The van der Waals surface area contributed by atoms with Gasteiger partial charge in [0.2, 0.25) is 5.91 Å². The molecule has 5 aliphatic rings. The van der Waals surface area contributed by atoms with Crippen molar-refractivity contribution < 1.29 is 4.79 Å². The van der Waals surface area contributed by atoms with E-state index in [0.29, 0.717) is 22.7 Å². The molecule has 4 aliphatic carbocycles. The number of nitrogens with one attached hydrogen (secondary N) is 2. The third kappa shape index (κ3) is 2.32. The molecule has 3 nitrogen and oxygen atoms in total. The van der Waals surface area contributed by atoms with Crippen LogP contribution in [0.2, 0.25) is 0 Å². The Bertz CT molecular complexity index is 436. The average molecular weight is 290 g/mol. The Labute approximate surface area is 128 Å². The number of hydrogen-bond acceptors (Lipinski definition) is 2. The first kappa shape index (κ1) is 14.0. The fourth-order valence-electron chi connectivity index (χ4n) is 7.01. The second kappa shape index (κ2) is 4.47. The van der Waals surface area contributed by atoms with E-state index < -0.39 is 0 Å². The van der Waals surface area contributed by atoms with Gasteiger partial charge in [-0.2, -0.15) is 0 Å². The first-order chi connectivity index (χ1) is 9.91. The average Bonchev–Trinajstić information content (AvgIpc) is 2.84. The summed E-state index contributed by atoms with van der Waals surface area (Å²) >= 11 is 0. The molecule has 3 atom stereocenters. The van der Waals surface area contributed by atoms with Gasteiger partial charge in [-0.3, -0.25) is 4.79 Å². The molecule has 118 valence electrons. The van der Waals surface area contributed by atoms with Crippen LogP contribution in [0.15, 0.2) is 0 Å². The smallest absolute Gasteiger partial charge is 0.226 e. The highest BCUT2D eigenvalue weighted by Crippen LogP contribution is 2.69. The Morgan fingerprint density at radius 3 is 2.43 bits per heavy atom. The number of hydrogen-bond donors (Lipinski definition) is 2. The molecule has 4 saturated carbocycles. The molecule has 1 heterocycles. The summed E-state index contributed by atoms with van der Waals surface area (Å²) in [5.41, 5.74) is 0.829. The lowest BCUT2D eigenvalue weighted by molar-refractivity contribution is -0.170. The van der Waals surface area contributed by atoms with Crippen molar-refractivity contribution in [1.82, 2.24) is 10.6 Å². The van der Waals surface area contributed by atoms with Crippen molar-refractivity contribution in [2.24, 2.45) is 28.1 Å². The van der Waals surface area contributed by atoms with Gasteiger partial charge in [-0.1, -0.05) is 13.8 Å². The van der Waals surface area contributed by atoms with Crippen LogP contribution in [0.4, 0.5) is 0 Å². The lowest BCUT2D eigenvalue weighted by Gasteiger charge is -2.64. The van der Waals surface area contributed by atoms with E-state index in [1.807, 2.05) is 0 Å². The quantitative estimate of drug-likeness (QED) is 0.839. The molecule has 4 bridgehead atoms. The maximum absolute atomic E-state index is 13.0. The second-order valence-electron chi connectivity index (χ2n) is 9.48. The molecule has 0 spiro atoms. The number of rotatable bonds is 3. The minimum atomic E-state index is -0.0328. The molecule has 1 amide bonds. The minimum absolute atomic E-state index is 0.0328. The topological polar surface area (TPSA) is 41.1 Å². The largest absolute Gasteiger partial charge is 0.355 e. The van der Waals surface area contributed by atoms with Crippen molar-refractivity contribution in [3.05, 3.63) is 0 Å². The molecule has 0 aromatic rings. The van der Waals surface area contributed by atoms with E-state index in [1.165, 1.54) is 25.7 Å². The van der Waals surface area contributed by atoms with Crippen LogP contribution in [0.25, 0.3) is 0 Å². The molecule has 1 aliphatic heterocycles. The maximum Gasteiger partial charge on any atom is 0.226 e. The molecule has 5 rings (SSSR count). The normalized spacial score (nSPS) is 51.3. The zero-order valence-electron chi connectivity index (χ0n) is 13.6. The fourth-order valence-corrected chi connectivity index (χ4v) is 7.01. The van der Waals surface area contributed by atoms with E-state index in [0.717, 1.165) is 44.8 Å². The molecule has 21 heavy (non-hydrogen) atoms. The van der Waals surface area contributed by atoms with Gasteiger partial charge in [0.1, 0.15) is 0 Å². The molecular weight excluding hydrogens is 260 g/mol. The standard InChI is InChI=1S/C18H30N2O/c1-16-5-14-6-17(2,10-16)12-18(7-14,11-16)15(21)20-9-13-3-4-19-8-13/h13-14,19H,3-12H2,1-2H3,(H,20,21). The molecule has 2 N–H and O–H groups in total. The van der Waals surface area contributed by atoms with E-state index in [4.69, 9.17) is 0 Å². The summed E-state index contributed by atoms with van der Waals surface area (Å²) < 4.78 is 0. The molecule has 1 saturated heterocycles. The van der Waals surface area contributed by atoms with Crippen LogP contribution in [0.3, 0.4) is 0 Å². The SMILES string of the molecule is CC12CC3CC(C)(C1)CC(C(=O)NCC1CCNC1)(C3)C2. The van der Waals surface area contributed by atoms with Crippen LogP contribution in [-0.4, -0.2) is 25.5 Å². The molecule has 3 heteroatoms. The summed E-state index contributed by atoms with van der Waals surface area (Å²) in [7, 11) is 0. The summed E-state index contributed by atoms with van der Waals surface area (Å²) in [5.74, 6) is 1.83. The van der Waals surface area contributed by atoms with Gasteiger partial charge in [0, 0.05) is 6.54 Å². The van der Waals surface area contributed by atoms with Gasteiger partial charge in [-0.15, -0.1) is 0 Å². The van der Waals surface area contributed by atoms with Crippen LogP contribution in [0.1, 0.15) is 58.8 Å². The monoisotopic (exact) mass is 290 g/mol. The molecule has 5 fully saturated rings. The Balaban J connectivity index is 1.49. The Kier molecular flexibility index (Phi) is 2.99. The Hall–Kier alpha value is -0.570. The molecule has 0 aromatic heterocycles. The summed E-state index contributed by atoms with van der Waals surface area (Å²) in [4.78, 5) is 13.0. The summed E-state index contributed by atoms with van der Waals surface area (Å²) in [6, 6.07) is 0. The lowest BCUT2D eigenvalue weighted by Crippen LogP contribution is -2.60. The van der Waals surface area contributed by atoms with Crippen molar-refractivity contribution in [3.63, 3.8) is 0 Å². The third-order valence-electron chi connectivity index (χ3n) is 6.82. The summed E-state index contributed by atoms with van der Waals surface area (Å²) in [6.45, 7) is 7.96. The summed E-state index contributed by atoms with van der Waals surface area (Å²) in [6.07, 6.45) is 8.73. The summed E-state index contributed by atoms with van der Waals surface area (Å²) in [5, 5.41) is 6.73. The van der Waals surface area contributed by atoms with Crippen molar-refractivity contribution in [1.29, 1.82) is 0 Å². The zero-order valence-corrected chi connectivity index (χ0v) is 13.6. The highest BCUT2D eigenvalue weighted by atomic mass is 16.2. The molecule has 0 aromatic carbocycles. The second-order valence-corrected chi connectivity index (χ2v) is 9.48. The van der Waals surface area contributed by atoms with Gasteiger partial charge in [0.25, 0.3) is 0 Å². The van der Waals surface area contributed by atoms with Crippen LogP contribution in [0.5, 0.6) is 0 Å². The molecule has 0 radical (unpaired) electrons. The third-order valence-corrected chi connectivity index (χ3v) is 6.82. The minimum Gasteiger partial charge on any atom is -0.355 e. The zero-order chi connectivity index (χ0) is 14.7. The highest BCUT2D eigenvalue weighted by molar-refractivity contribution is 5.83. The van der Waals surface area contributed by atoms with Gasteiger partial charge in [0.05, 0.1) is 5.41 Å². The van der Waals surface area contributed by atoms with Crippen molar-refractivity contribution in [2.45, 2.75) is 58.8 Å². The number of carbonyl (C=O) groups is 1. The maximum atomic E-state index is 13.0. The molecular formula is C18H30N2O. The van der Waals surface area contributed by atoms with Gasteiger partial charge in [-0.05, 0) is 80.7 Å². The predicted octanol–water partition coefficient (Wildman–Crippen LogP) is 2.71. The Morgan fingerprint density at radius 2 is 1.86 bits per heavy atom. The first-order valence-corrected chi connectivity index (χ1v) is 8.90. The van der Waals surface area contributed by atoms with Crippen LogP contribution in [0, 0.1) is 28.1 Å². The van der Waals surface area contributed by atoms with Crippen LogP contribution in [-0.2, 0) is 4.79 Å². The van der Waals surface area contributed by atoms with Gasteiger partial charge < -0.3 is 10.6 Å². The van der Waals surface area contributed by atoms with E-state index in [2.05, 4.69) is 24.5 Å². The molecule has 3 unspecified atom stereocenters. The number of carbonyl (C=O) groups excluding carboxylic acids is 1. The predicted molar refractivity (Wildman–Crippen MR) is 83.8 cm³/mol. The van der Waals surface area contributed by atoms with Crippen molar-refractivity contribution >= 4 is 5.91 Å². The number of amides is 1. The van der Waals surface area contributed by atoms with E-state index in [-0.39, 0.29) is 5.41 Å². The van der Waals surface area contributed by atoms with E-state index >= 15 is 0 Å². The fraction of sp³-hybridized carbons (Fsp3) is 0.944. The first-order valence-electron chi connectivity index (χ1n) is 8.90. The van der Waals surface area contributed by atoms with Gasteiger partial charge in [0.15, 0.2) is 0 Å². The van der Waals surface area contributed by atoms with E-state index in [9.17, 15) is 4.79 Å². The van der Waals surface area contributed by atoms with Gasteiger partial charge in [-0.25, -0.2) is 0 Å². The van der Waals surface area contributed by atoms with Crippen molar-refractivity contribution in [3.8, 4) is 0 Å². The van der Waals surface area contributed by atoms with Gasteiger partial charge >= 0.3 is 0 Å².